The molecule has 21 heavy (non-hydrogen) atoms. The Kier molecular flexibility index (Phi) is 4.26. The number of aromatic nitrogens is 1. The first kappa shape index (κ1) is 15.0. The maximum Gasteiger partial charge on any atom is 0.417 e. The van der Waals surface area contributed by atoms with Crippen LogP contribution in [0, 0.1) is 0 Å². The summed E-state index contributed by atoms with van der Waals surface area (Å²) in [4.78, 5) is 15.6. The highest BCUT2D eigenvalue weighted by atomic mass is 19.4. The van der Waals surface area contributed by atoms with E-state index in [1.165, 1.54) is 43.6 Å². The Morgan fingerprint density at radius 2 is 2.00 bits per heavy atom. The molecule has 2 rings (SSSR count). The van der Waals surface area contributed by atoms with Crippen molar-refractivity contribution in [3.8, 4) is 11.1 Å². The van der Waals surface area contributed by atoms with E-state index in [9.17, 15) is 18.0 Å². The summed E-state index contributed by atoms with van der Waals surface area (Å²) in [6, 6.07) is 6.85. The third-order valence-electron chi connectivity index (χ3n) is 2.82. The Hall–Kier alpha value is -2.37. The van der Waals surface area contributed by atoms with Crippen molar-refractivity contribution < 1.29 is 22.7 Å². The summed E-state index contributed by atoms with van der Waals surface area (Å²) in [7, 11) is 0. The third-order valence-corrected chi connectivity index (χ3v) is 2.82. The van der Waals surface area contributed by atoms with Gasteiger partial charge in [0.2, 0.25) is 0 Å². The molecule has 1 heterocycles. The second-order valence-electron chi connectivity index (χ2n) is 4.19. The van der Waals surface area contributed by atoms with Gasteiger partial charge in [0, 0.05) is 18.0 Å². The highest BCUT2D eigenvalue weighted by Gasteiger charge is 2.38. The van der Waals surface area contributed by atoms with Gasteiger partial charge in [0.1, 0.15) is 0 Å². The molecule has 6 heteroatoms. The van der Waals surface area contributed by atoms with E-state index in [2.05, 4.69) is 4.98 Å². The van der Waals surface area contributed by atoms with Crippen molar-refractivity contribution in [2.45, 2.75) is 13.1 Å². The van der Waals surface area contributed by atoms with Gasteiger partial charge < -0.3 is 4.74 Å². The number of carbonyl (C=O) groups excluding carboxylic acids is 1. The number of halogens is 3. The number of rotatable bonds is 3. The molecule has 0 atom stereocenters. The fourth-order valence-electron chi connectivity index (χ4n) is 2.00. The van der Waals surface area contributed by atoms with E-state index >= 15 is 0 Å². The molecular formula is C15H12F3NO2. The van der Waals surface area contributed by atoms with Gasteiger partial charge in [-0.25, -0.2) is 4.79 Å². The summed E-state index contributed by atoms with van der Waals surface area (Å²) in [5.74, 6) is -0.990. The van der Waals surface area contributed by atoms with Crippen molar-refractivity contribution in [1.29, 1.82) is 0 Å². The molecule has 0 fully saturated rings. The van der Waals surface area contributed by atoms with Crippen LogP contribution in [0.15, 0.2) is 42.7 Å². The van der Waals surface area contributed by atoms with E-state index in [0.29, 0.717) is 0 Å². The molecule has 0 radical (unpaired) electrons. The lowest BCUT2D eigenvalue weighted by atomic mass is 9.96. The van der Waals surface area contributed by atoms with Gasteiger partial charge in [-0.1, -0.05) is 18.2 Å². The Labute approximate surface area is 119 Å². The third kappa shape index (κ3) is 3.21. The molecule has 0 saturated carbocycles. The SMILES string of the molecule is CCOC(=O)c1cccc(-c2cccnc2)c1C(F)(F)F. The molecule has 0 N–H and O–H groups in total. The molecule has 0 aliphatic carbocycles. The number of pyridine rings is 1. The van der Waals surface area contributed by atoms with Crippen molar-refractivity contribution in [3.63, 3.8) is 0 Å². The first-order valence-electron chi connectivity index (χ1n) is 6.23. The molecule has 1 aromatic carbocycles. The van der Waals surface area contributed by atoms with Crippen LogP contribution < -0.4 is 0 Å². The molecule has 2 aromatic rings. The van der Waals surface area contributed by atoms with Gasteiger partial charge >= 0.3 is 12.1 Å². The molecule has 3 nitrogen and oxygen atoms in total. The van der Waals surface area contributed by atoms with Gasteiger partial charge in [-0.3, -0.25) is 4.98 Å². The zero-order valence-electron chi connectivity index (χ0n) is 11.1. The van der Waals surface area contributed by atoms with Crippen molar-refractivity contribution in [3.05, 3.63) is 53.9 Å². The van der Waals surface area contributed by atoms with Crippen molar-refractivity contribution in [2.75, 3.05) is 6.61 Å². The maximum absolute atomic E-state index is 13.4. The Bertz CT molecular complexity index is 639. The topological polar surface area (TPSA) is 39.2 Å². The average Bonchev–Trinajstić information content (AvgIpc) is 2.46. The summed E-state index contributed by atoms with van der Waals surface area (Å²) in [5, 5.41) is 0. The molecule has 0 aliphatic heterocycles. The highest BCUT2D eigenvalue weighted by molar-refractivity contribution is 5.94. The van der Waals surface area contributed by atoms with Gasteiger partial charge in [-0.2, -0.15) is 13.2 Å². The van der Waals surface area contributed by atoms with E-state index in [-0.39, 0.29) is 17.7 Å². The van der Waals surface area contributed by atoms with E-state index in [1.807, 2.05) is 0 Å². The summed E-state index contributed by atoms with van der Waals surface area (Å²) in [5.41, 5.74) is -1.31. The van der Waals surface area contributed by atoms with E-state index < -0.39 is 23.3 Å². The van der Waals surface area contributed by atoms with Crippen molar-refractivity contribution >= 4 is 5.97 Å². The van der Waals surface area contributed by atoms with E-state index in [4.69, 9.17) is 4.74 Å². The molecule has 1 aromatic heterocycles. The Morgan fingerprint density at radius 1 is 1.24 bits per heavy atom. The minimum atomic E-state index is -4.67. The summed E-state index contributed by atoms with van der Waals surface area (Å²) in [6.07, 6.45) is -1.89. The first-order chi connectivity index (χ1) is 9.95. The number of benzene rings is 1. The molecule has 0 amide bonds. The first-order valence-corrected chi connectivity index (χ1v) is 6.23. The minimum Gasteiger partial charge on any atom is -0.462 e. The van der Waals surface area contributed by atoms with Crippen LogP contribution in [0.1, 0.15) is 22.8 Å². The molecule has 110 valence electrons. The number of esters is 1. The fourth-order valence-corrected chi connectivity index (χ4v) is 2.00. The summed E-state index contributed by atoms with van der Waals surface area (Å²) in [6.45, 7) is 1.55. The smallest absolute Gasteiger partial charge is 0.417 e. The predicted octanol–water partition coefficient (Wildman–Crippen LogP) is 3.94. The van der Waals surface area contributed by atoms with Gasteiger partial charge in [0.25, 0.3) is 0 Å². The number of nitrogens with zero attached hydrogens (tertiary/aromatic N) is 1. The van der Waals surface area contributed by atoms with Crippen molar-refractivity contribution in [2.24, 2.45) is 0 Å². The zero-order chi connectivity index (χ0) is 15.5. The van der Waals surface area contributed by atoms with Crippen LogP contribution in [0.2, 0.25) is 0 Å². The second-order valence-corrected chi connectivity index (χ2v) is 4.19. The van der Waals surface area contributed by atoms with Crippen LogP contribution in [-0.2, 0) is 10.9 Å². The van der Waals surface area contributed by atoms with Gasteiger partial charge in [0.05, 0.1) is 17.7 Å². The molecular weight excluding hydrogens is 283 g/mol. The molecule has 0 spiro atoms. The number of alkyl halides is 3. The minimum absolute atomic E-state index is 0.00719. The van der Waals surface area contributed by atoms with E-state index in [1.54, 1.807) is 0 Å². The second kappa shape index (κ2) is 5.95. The van der Waals surface area contributed by atoms with Gasteiger partial charge in [-0.05, 0) is 24.6 Å². The Balaban J connectivity index is 2.67. The van der Waals surface area contributed by atoms with Gasteiger partial charge in [-0.15, -0.1) is 0 Å². The molecule has 0 bridgehead atoms. The zero-order valence-corrected chi connectivity index (χ0v) is 11.1. The normalized spacial score (nSPS) is 11.2. The number of hydrogen-bond donors (Lipinski definition) is 0. The molecule has 0 saturated heterocycles. The molecule has 0 aliphatic rings. The lowest BCUT2D eigenvalue weighted by Crippen LogP contribution is -2.16. The van der Waals surface area contributed by atoms with Crippen LogP contribution in [0.3, 0.4) is 0 Å². The number of carbonyl (C=O) groups is 1. The number of hydrogen-bond acceptors (Lipinski definition) is 3. The van der Waals surface area contributed by atoms with Crippen LogP contribution in [0.4, 0.5) is 13.2 Å². The number of ether oxygens (including phenoxy) is 1. The van der Waals surface area contributed by atoms with Gasteiger partial charge in [0.15, 0.2) is 0 Å². The molecule has 0 unspecified atom stereocenters. The van der Waals surface area contributed by atoms with Crippen molar-refractivity contribution in [1.82, 2.24) is 4.98 Å². The lowest BCUT2D eigenvalue weighted by Gasteiger charge is -2.16. The quantitative estimate of drug-likeness (QED) is 0.805. The van der Waals surface area contributed by atoms with Crippen LogP contribution in [-0.4, -0.2) is 17.6 Å². The summed E-state index contributed by atoms with van der Waals surface area (Å²) < 4.78 is 44.8. The monoisotopic (exact) mass is 295 g/mol. The standard InChI is InChI=1S/C15H12F3NO2/c1-2-21-14(20)12-7-3-6-11(13(12)15(16,17)18)10-5-4-8-19-9-10/h3-9H,2H2,1H3. The Morgan fingerprint density at radius 3 is 2.57 bits per heavy atom. The van der Waals surface area contributed by atoms with Crippen LogP contribution in [0.25, 0.3) is 11.1 Å². The largest absolute Gasteiger partial charge is 0.462 e. The van der Waals surface area contributed by atoms with Crippen LogP contribution in [0.5, 0.6) is 0 Å². The van der Waals surface area contributed by atoms with Crippen LogP contribution >= 0.6 is 0 Å². The maximum atomic E-state index is 13.4. The highest BCUT2D eigenvalue weighted by Crippen LogP contribution is 2.39. The predicted molar refractivity (Wildman–Crippen MR) is 70.6 cm³/mol. The lowest BCUT2D eigenvalue weighted by molar-refractivity contribution is -0.137. The van der Waals surface area contributed by atoms with E-state index in [0.717, 1.165) is 6.07 Å². The fraction of sp³-hybridized carbons (Fsp3) is 0.200. The summed E-state index contributed by atoms with van der Waals surface area (Å²) >= 11 is 0. The average molecular weight is 295 g/mol.